The van der Waals surface area contributed by atoms with E-state index in [2.05, 4.69) is 29.7 Å². The van der Waals surface area contributed by atoms with E-state index in [0.717, 1.165) is 49.5 Å². The summed E-state index contributed by atoms with van der Waals surface area (Å²) in [4.78, 5) is 34.5. The molecular formula is C29H39N3O2. The Balaban J connectivity index is 1.29. The van der Waals surface area contributed by atoms with Crippen LogP contribution in [-0.4, -0.2) is 64.3 Å². The summed E-state index contributed by atoms with van der Waals surface area (Å²) in [5, 5.41) is 0. The van der Waals surface area contributed by atoms with Gasteiger partial charge in [-0.05, 0) is 74.5 Å². The lowest BCUT2D eigenvalue weighted by molar-refractivity contribution is -0.142. The van der Waals surface area contributed by atoms with Crippen molar-refractivity contribution in [2.24, 2.45) is 17.8 Å². The van der Waals surface area contributed by atoms with Crippen molar-refractivity contribution in [3.05, 3.63) is 47.0 Å². The third kappa shape index (κ3) is 3.71. The Bertz CT molecular complexity index is 1000. The van der Waals surface area contributed by atoms with Crippen LogP contribution in [0.3, 0.4) is 0 Å². The van der Waals surface area contributed by atoms with Gasteiger partial charge in [-0.3, -0.25) is 14.5 Å². The second kappa shape index (κ2) is 8.82. The van der Waals surface area contributed by atoms with Crippen LogP contribution in [0, 0.1) is 17.8 Å². The van der Waals surface area contributed by atoms with Crippen molar-refractivity contribution in [3.63, 3.8) is 0 Å². The van der Waals surface area contributed by atoms with Gasteiger partial charge in [-0.1, -0.05) is 50.1 Å². The monoisotopic (exact) mass is 461 g/mol. The molecule has 4 aliphatic heterocycles. The van der Waals surface area contributed by atoms with Crippen LogP contribution in [0.2, 0.25) is 0 Å². The molecule has 0 N–H and O–H groups in total. The lowest BCUT2D eigenvalue weighted by Gasteiger charge is -2.55. The first-order valence-corrected chi connectivity index (χ1v) is 13.6. The second-order valence-corrected chi connectivity index (χ2v) is 11.8. The molecule has 0 saturated carbocycles. The largest absolute Gasteiger partial charge is 0.334 e. The van der Waals surface area contributed by atoms with E-state index in [-0.39, 0.29) is 23.9 Å². The number of carbonyl (C=O) groups is 2. The minimum absolute atomic E-state index is 0.0277. The number of benzene rings is 1. The minimum atomic E-state index is -0.372. The average Bonchev–Trinajstić information content (AvgIpc) is 3.18. The van der Waals surface area contributed by atoms with Crippen LogP contribution in [0.15, 0.2) is 35.9 Å². The van der Waals surface area contributed by atoms with Crippen LogP contribution >= 0.6 is 0 Å². The van der Waals surface area contributed by atoms with Crippen molar-refractivity contribution in [3.8, 4) is 0 Å². The van der Waals surface area contributed by atoms with Crippen LogP contribution in [0.1, 0.15) is 74.7 Å². The SMILES string of the molecule is CC(C)C[C@@H](C(=O)N1CCCC2=C[C@H]3C[C@H](CN4CCCC[C@H]34)[C@@H]21)N1Cc2ccccc2C1=O. The Kier molecular flexibility index (Phi) is 5.79. The fourth-order valence-corrected chi connectivity index (χ4v) is 7.75. The molecule has 0 radical (unpaired) electrons. The Morgan fingerprint density at radius 3 is 2.79 bits per heavy atom. The molecule has 6 rings (SSSR count). The molecule has 1 aliphatic carbocycles. The van der Waals surface area contributed by atoms with Crippen molar-refractivity contribution in [1.29, 1.82) is 0 Å². The molecule has 5 nitrogen and oxygen atoms in total. The molecule has 3 fully saturated rings. The number of rotatable bonds is 4. The maximum atomic E-state index is 14.3. The summed E-state index contributed by atoms with van der Waals surface area (Å²) in [5.41, 5.74) is 3.34. The van der Waals surface area contributed by atoms with Gasteiger partial charge in [0, 0.05) is 31.2 Å². The molecule has 1 aromatic rings. The lowest BCUT2D eigenvalue weighted by Crippen LogP contribution is -2.62. The van der Waals surface area contributed by atoms with Crippen molar-refractivity contribution >= 4 is 11.8 Å². The second-order valence-electron chi connectivity index (χ2n) is 11.8. The number of fused-ring (bicyclic) bond motifs is 7. The molecule has 1 aromatic carbocycles. The molecule has 5 atom stereocenters. The van der Waals surface area contributed by atoms with E-state index in [1.165, 1.54) is 37.8 Å². The van der Waals surface area contributed by atoms with Crippen LogP contribution < -0.4 is 0 Å². The smallest absolute Gasteiger partial charge is 0.255 e. The van der Waals surface area contributed by atoms with Crippen LogP contribution in [0.5, 0.6) is 0 Å². The standard InChI is InChI=1S/C29H39N3O2/c1-19(2)14-26(32-18-21-8-3-4-10-24(21)28(32)33)29(34)31-13-7-9-20-15-22-16-23(27(20)31)17-30-12-6-5-11-25(22)30/h3-4,8,10,15,19,22-23,25-27H,5-7,9,11-14,16-18H2,1-2H3/t22-,23+,25+,26-,27+/m0/s1. The molecule has 2 bridgehead atoms. The summed E-state index contributed by atoms with van der Waals surface area (Å²) in [6.45, 7) is 8.07. The quantitative estimate of drug-likeness (QED) is 0.621. The first-order valence-electron chi connectivity index (χ1n) is 13.6. The molecule has 0 aromatic heterocycles. The molecule has 182 valence electrons. The Morgan fingerprint density at radius 1 is 1.12 bits per heavy atom. The predicted octanol–water partition coefficient (Wildman–Crippen LogP) is 4.48. The molecule has 34 heavy (non-hydrogen) atoms. The zero-order valence-corrected chi connectivity index (χ0v) is 20.8. The zero-order chi connectivity index (χ0) is 23.4. The first kappa shape index (κ1) is 22.3. The van der Waals surface area contributed by atoms with Gasteiger partial charge in [0.25, 0.3) is 5.91 Å². The highest BCUT2D eigenvalue weighted by molar-refractivity contribution is 6.01. The molecule has 4 heterocycles. The van der Waals surface area contributed by atoms with Gasteiger partial charge >= 0.3 is 0 Å². The normalized spacial score (nSPS) is 31.6. The van der Waals surface area contributed by atoms with Crippen molar-refractivity contribution in [2.45, 2.75) is 83.5 Å². The van der Waals surface area contributed by atoms with Gasteiger partial charge in [-0.25, -0.2) is 0 Å². The van der Waals surface area contributed by atoms with E-state index in [1.54, 1.807) is 0 Å². The minimum Gasteiger partial charge on any atom is -0.334 e. The fourth-order valence-electron chi connectivity index (χ4n) is 7.75. The first-order chi connectivity index (χ1) is 16.5. The Hall–Kier alpha value is -2.14. The topological polar surface area (TPSA) is 43.9 Å². The van der Waals surface area contributed by atoms with E-state index in [4.69, 9.17) is 0 Å². The van der Waals surface area contributed by atoms with Crippen molar-refractivity contribution in [2.75, 3.05) is 19.6 Å². The van der Waals surface area contributed by atoms with E-state index in [1.807, 2.05) is 29.2 Å². The van der Waals surface area contributed by atoms with Crippen LogP contribution in [0.4, 0.5) is 0 Å². The van der Waals surface area contributed by atoms with Gasteiger partial charge in [0.2, 0.25) is 5.91 Å². The van der Waals surface area contributed by atoms with E-state index < -0.39 is 0 Å². The predicted molar refractivity (Wildman–Crippen MR) is 133 cm³/mol. The molecule has 0 spiro atoms. The van der Waals surface area contributed by atoms with Gasteiger partial charge in [-0.15, -0.1) is 0 Å². The maximum Gasteiger partial charge on any atom is 0.255 e. The molecule has 5 aliphatic rings. The third-order valence-electron chi connectivity index (χ3n) is 9.15. The molecule has 5 heteroatoms. The number of hydrogen-bond donors (Lipinski definition) is 0. The number of hydrogen-bond acceptors (Lipinski definition) is 3. The summed E-state index contributed by atoms with van der Waals surface area (Å²) in [6.07, 6.45) is 10.7. The van der Waals surface area contributed by atoms with E-state index in [9.17, 15) is 9.59 Å². The number of likely N-dealkylation sites (tertiary alicyclic amines) is 1. The summed E-state index contributed by atoms with van der Waals surface area (Å²) in [7, 11) is 0. The van der Waals surface area contributed by atoms with E-state index in [0.29, 0.717) is 24.3 Å². The number of carbonyl (C=O) groups excluding carboxylic acids is 2. The summed E-state index contributed by atoms with van der Waals surface area (Å²) >= 11 is 0. The molecule has 2 amide bonds. The Labute approximate surface area is 204 Å². The van der Waals surface area contributed by atoms with Crippen LogP contribution in [-0.2, 0) is 11.3 Å². The highest BCUT2D eigenvalue weighted by Gasteiger charge is 2.48. The highest BCUT2D eigenvalue weighted by Crippen LogP contribution is 2.45. The number of piperidine rings is 3. The molecular weight excluding hydrogens is 422 g/mol. The van der Waals surface area contributed by atoms with Gasteiger partial charge in [0.05, 0.1) is 6.04 Å². The van der Waals surface area contributed by atoms with E-state index >= 15 is 0 Å². The van der Waals surface area contributed by atoms with Gasteiger partial charge in [0.15, 0.2) is 0 Å². The lowest BCUT2D eigenvalue weighted by atomic mass is 9.68. The summed E-state index contributed by atoms with van der Waals surface area (Å²) in [5.74, 6) is 1.77. The Morgan fingerprint density at radius 2 is 1.97 bits per heavy atom. The maximum absolute atomic E-state index is 14.3. The van der Waals surface area contributed by atoms with Crippen molar-refractivity contribution in [1.82, 2.24) is 14.7 Å². The van der Waals surface area contributed by atoms with Crippen LogP contribution in [0.25, 0.3) is 0 Å². The number of amides is 2. The fraction of sp³-hybridized carbons (Fsp3) is 0.655. The third-order valence-corrected chi connectivity index (χ3v) is 9.15. The van der Waals surface area contributed by atoms with Gasteiger partial charge < -0.3 is 9.80 Å². The summed E-state index contributed by atoms with van der Waals surface area (Å²) < 4.78 is 0. The summed E-state index contributed by atoms with van der Waals surface area (Å²) in [6, 6.07) is 8.44. The van der Waals surface area contributed by atoms with Gasteiger partial charge in [0.1, 0.15) is 6.04 Å². The van der Waals surface area contributed by atoms with Gasteiger partial charge in [-0.2, -0.15) is 0 Å². The number of nitrogens with zero attached hydrogens (tertiary/aromatic N) is 3. The highest BCUT2D eigenvalue weighted by atomic mass is 16.2. The molecule has 0 unspecified atom stereocenters. The van der Waals surface area contributed by atoms with Crippen molar-refractivity contribution < 1.29 is 9.59 Å². The average molecular weight is 462 g/mol. The molecule has 3 saturated heterocycles. The zero-order valence-electron chi connectivity index (χ0n) is 20.8.